The molecule has 0 aliphatic heterocycles. The number of aryl methyl sites for hydroxylation is 2. The van der Waals surface area contributed by atoms with Crippen molar-refractivity contribution >= 4 is 33.4 Å². The predicted octanol–water partition coefficient (Wildman–Crippen LogP) is 3.71. The average Bonchev–Trinajstić information content (AvgIpc) is 2.50. The number of amides is 2. The second-order valence-electron chi connectivity index (χ2n) is 5.39. The normalized spacial score (nSPS) is 10.2. The minimum Gasteiger partial charge on any atom is -0.352 e. The quantitative estimate of drug-likeness (QED) is 0.783. The first-order chi connectivity index (χ1) is 11.0. The molecular weight excluding hydrogens is 356 g/mol. The number of carbonyl (C=O) groups excluding carboxylic acids is 2. The number of rotatable bonds is 5. The first-order valence-electron chi connectivity index (χ1n) is 7.33. The average molecular weight is 375 g/mol. The summed E-state index contributed by atoms with van der Waals surface area (Å²) in [4.78, 5) is 23.8. The Labute approximate surface area is 144 Å². The van der Waals surface area contributed by atoms with Crippen LogP contribution in [-0.4, -0.2) is 11.8 Å². The van der Waals surface area contributed by atoms with Crippen LogP contribution in [0.25, 0.3) is 0 Å². The Morgan fingerprint density at radius 3 is 2.43 bits per heavy atom. The number of anilines is 1. The van der Waals surface area contributed by atoms with Crippen molar-refractivity contribution in [3.8, 4) is 0 Å². The van der Waals surface area contributed by atoms with Crippen LogP contribution in [0.4, 0.5) is 5.69 Å². The van der Waals surface area contributed by atoms with Crippen LogP contribution in [0, 0.1) is 13.8 Å². The molecule has 2 N–H and O–H groups in total. The second-order valence-corrected chi connectivity index (χ2v) is 6.25. The van der Waals surface area contributed by atoms with Gasteiger partial charge in [0, 0.05) is 16.7 Å². The van der Waals surface area contributed by atoms with Crippen LogP contribution in [-0.2, 0) is 16.1 Å². The monoisotopic (exact) mass is 374 g/mol. The Balaban J connectivity index is 1.84. The third-order valence-electron chi connectivity index (χ3n) is 3.51. The zero-order valence-electron chi connectivity index (χ0n) is 13.2. The number of benzene rings is 2. The number of hydrogen-bond acceptors (Lipinski definition) is 2. The summed E-state index contributed by atoms with van der Waals surface area (Å²) in [6.07, 6.45) is -0.197. The van der Waals surface area contributed by atoms with Crippen molar-refractivity contribution in [1.82, 2.24) is 5.32 Å². The van der Waals surface area contributed by atoms with Gasteiger partial charge in [0.25, 0.3) is 0 Å². The van der Waals surface area contributed by atoms with E-state index in [4.69, 9.17) is 0 Å². The molecular formula is C18H19BrN2O2. The van der Waals surface area contributed by atoms with Crippen LogP contribution >= 0.6 is 15.9 Å². The smallest absolute Gasteiger partial charge is 0.233 e. The molecule has 0 aliphatic carbocycles. The lowest BCUT2D eigenvalue weighted by Crippen LogP contribution is -2.28. The highest BCUT2D eigenvalue weighted by Gasteiger charge is 2.10. The van der Waals surface area contributed by atoms with Crippen molar-refractivity contribution in [1.29, 1.82) is 0 Å². The maximum Gasteiger partial charge on any atom is 0.233 e. The zero-order valence-corrected chi connectivity index (χ0v) is 14.7. The van der Waals surface area contributed by atoms with Crippen molar-refractivity contribution in [2.45, 2.75) is 26.8 Å². The summed E-state index contributed by atoms with van der Waals surface area (Å²) in [6, 6.07) is 13.4. The number of hydrogen-bond donors (Lipinski definition) is 2. The van der Waals surface area contributed by atoms with E-state index in [0.717, 1.165) is 21.2 Å². The molecule has 5 heteroatoms. The van der Waals surface area contributed by atoms with Crippen molar-refractivity contribution in [3.63, 3.8) is 0 Å². The van der Waals surface area contributed by atoms with Gasteiger partial charge in [-0.15, -0.1) is 0 Å². The Hall–Kier alpha value is -2.14. The van der Waals surface area contributed by atoms with Crippen LogP contribution < -0.4 is 10.6 Å². The van der Waals surface area contributed by atoms with Gasteiger partial charge in [0.15, 0.2) is 0 Å². The summed E-state index contributed by atoms with van der Waals surface area (Å²) >= 11 is 3.41. The summed E-state index contributed by atoms with van der Waals surface area (Å²) in [5.74, 6) is -0.625. The van der Waals surface area contributed by atoms with Crippen LogP contribution in [0.3, 0.4) is 0 Å². The molecule has 0 spiro atoms. The Bertz CT molecular complexity index is 729. The summed E-state index contributed by atoms with van der Waals surface area (Å²) in [7, 11) is 0. The largest absolute Gasteiger partial charge is 0.352 e. The number of nitrogens with one attached hydrogen (secondary N) is 2. The van der Waals surface area contributed by atoms with E-state index in [1.807, 2.05) is 56.3 Å². The van der Waals surface area contributed by atoms with Gasteiger partial charge in [-0.25, -0.2) is 0 Å². The lowest BCUT2D eigenvalue weighted by Gasteiger charge is -2.09. The standard InChI is InChI=1S/C18H19BrN2O2/c1-12-5-3-4-6-14(12)11-20-17(22)10-18(23)21-15-8-7-13(2)16(19)9-15/h3-9H,10-11H2,1-2H3,(H,20,22)(H,21,23). The second kappa shape index (κ2) is 7.92. The summed E-state index contributed by atoms with van der Waals surface area (Å²) < 4.78 is 0.916. The van der Waals surface area contributed by atoms with E-state index in [0.29, 0.717) is 12.2 Å². The molecule has 0 radical (unpaired) electrons. The third kappa shape index (κ3) is 5.21. The lowest BCUT2D eigenvalue weighted by atomic mass is 10.1. The van der Waals surface area contributed by atoms with Crippen LogP contribution in [0.5, 0.6) is 0 Å². The minimum atomic E-state index is -0.331. The van der Waals surface area contributed by atoms with Gasteiger partial charge in [0.2, 0.25) is 11.8 Å². The maximum atomic E-state index is 11.9. The van der Waals surface area contributed by atoms with Crippen LogP contribution in [0.2, 0.25) is 0 Å². The van der Waals surface area contributed by atoms with E-state index in [-0.39, 0.29) is 18.2 Å². The molecule has 0 aromatic heterocycles. The minimum absolute atomic E-state index is 0.197. The summed E-state index contributed by atoms with van der Waals surface area (Å²) in [5, 5.41) is 5.49. The fourth-order valence-corrected chi connectivity index (χ4v) is 2.47. The van der Waals surface area contributed by atoms with Crippen molar-refractivity contribution in [3.05, 3.63) is 63.6 Å². The van der Waals surface area contributed by atoms with E-state index in [1.54, 1.807) is 0 Å². The third-order valence-corrected chi connectivity index (χ3v) is 4.37. The van der Waals surface area contributed by atoms with Crippen molar-refractivity contribution in [2.24, 2.45) is 0 Å². The van der Waals surface area contributed by atoms with Gasteiger partial charge in [-0.3, -0.25) is 9.59 Å². The van der Waals surface area contributed by atoms with Gasteiger partial charge in [0.1, 0.15) is 6.42 Å². The van der Waals surface area contributed by atoms with E-state index in [1.165, 1.54) is 0 Å². The van der Waals surface area contributed by atoms with Crippen molar-refractivity contribution < 1.29 is 9.59 Å². The molecule has 0 unspecified atom stereocenters. The maximum absolute atomic E-state index is 11.9. The molecule has 0 atom stereocenters. The Morgan fingerprint density at radius 1 is 1.00 bits per heavy atom. The van der Waals surface area contributed by atoms with Gasteiger partial charge in [0.05, 0.1) is 0 Å². The molecule has 2 aromatic rings. The topological polar surface area (TPSA) is 58.2 Å². The molecule has 120 valence electrons. The molecule has 2 aromatic carbocycles. The highest BCUT2D eigenvalue weighted by molar-refractivity contribution is 9.10. The predicted molar refractivity (Wildman–Crippen MR) is 95.2 cm³/mol. The first kappa shape index (κ1) is 17.2. The summed E-state index contributed by atoms with van der Waals surface area (Å²) in [5.41, 5.74) is 3.91. The molecule has 2 amide bonds. The molecule has 4 nitrogen and oxygen atoms in total. The van der Waals surface area contributed by atoms with Gasteiger partial charge in [-0.2, -0.15) is 0 Å². The Kier molecular flexibility index (Phi) is 5.93. The molecule has 2 rings (SSSR count). The van der Waals surface area contributed by atoms with Gasteiger partial charge in [-0.05, 0) is 42.7 Å². The zero-order chi connectivity index (χ0) is 16.8. The molecule has 0 saturated carbocycles. The highest BCUT2D eigenvalue weighted by Crippen LogP contribution is 2.20. The van der Waals surface area contributed by atoms with Gasteiger partial charge in [-0.1, -0.05) is 46.3 Å². The molecule has 0 fully saturated rings. The molecule has 0 aliphatic rings. The van der Waals surface area contributed by atoms with Crippen LogP contribution in [0.15, 0.2) is 46.9 Å². The lowest BCUT2D eigenvalue weighted by molar-refractivity contribution is -0.126. The molecule has 0 bridgehead atoms. The molecule has 0 saturated heterocycles. The number of halogens is 1. The van der Waals surface area contributed by atoms with Gasteiger partial charge >= 0.3 is 0 Å². The fraction of sp³-hybridized carbons (Fsp3) is 0.222. The van der Waals surface area contributed by atoms with E-state index in [2.05, 4.69) is 26.6 Å². The van der Waals surface area contributed by atoms with E-state index in [9.17, 15) is 9.59 Å². The Morgan fingerprint density at radius 2 is 1.74 bits per heavy atom. The molecule has 0 heterocycles. The molecule has 23 heavy (non-hydrogen) atoms. The number of carbonyl (C=O) groups is 2. The van der Waals surface area contributed by atoms with E-state index < -0.39 is 0 Å². The van der Waals surface area contributed by atoms with Crippen LogP contribution in [0.1, 0.15) is 23.1 Å². The SMILES string of the molecule is Cc1ccc(NC(=O)CC(=O)NCc2ccccc2C)cc1Br. The van der Waals surface area contributed by atoms with Gasteiger partial charge < -0.3 is 10.6 Å². The fourth-order valence-electron chi connectivity index (χ4n) is 2.09. The summed E-state index contributed by atoms with van der Waals surface area (Å²) in [6.45, 7) is 4.38. The van der Waals surface area contributed by atoms with E-state index >= 15 is 0 Å². The first-order valence-corrected chi connectivity index (χ1v) is 8.12. The highest BCUT2D eigenvalue weighted by atomic mass is 79.9. The van der Waals surface area contributed by atoms with Crippen molar-refractivity contribution in [2.75, 3.05) is 5.32 Å².